The second-order valence-corrected chi connectivity index (χ2v) is 5.67. The molecule has 1 unspecified atom stereocenters. The van der Waals surface area contributed by atoms with E-state index in [1.54, 1.807) is 4.90 Å². The van der Waals surface area contributed by atoms with Crippen molar-refractivity contribution in [3.05, 3.63) is 36.4 Å². The summed E-state index contributed by atoms with van der Waals surface area (Å²) in [5.74, 6) is 0.298. The van der Waals surface area contributed by atoms with E-state index in [9.17, 15) is 9.59 Å². The third kappa shape index (κ3) is 3.15. The molecule has 1 N–H and O–H groups in total. The van der Waals surface area contributed by atoms with Gasteiger partial charge in [0.2, 0.25) is 11.8 Å². The first-order valence-corrected chi connectivity index (χ1v) is 7.60. The van der Waals surface area contributed by atoms with Gasteiger partial charge in [0.05, 0.1) is 0 Å². The van der Waals surface area contributed by atoms with Crippen molar-refractivity contribution in [1.29, 1.82) is 0 Å². The fourth-order valence-electron chi connectivity index (χ4n) is 2.95. The van der Waals surface area contributed by atoms with Crippen LogP contribution in [0, 0.1) is 5.92 Å². The molecule has 0 bridgehead atoms. The maximum Gasteiger partial charge on any atom is 0.227 e. The maximum atomic E-state index is 12.2. The van der Waals surface area contributed by atoms with E-state index >= 15 is 0 Å². The second kappa shape index (κ2) is 6.12. The van der Waals surface area contributed by atoms with Gasteiger partial charge < -0.3 is 10.2 Å². The molecule has 1 aliphatic heterocycles. The number of nitrogens with zero attached hydrogens (tertiary/aromatic N) is 1. The van der Waals surface area contributed by atoms with Crippen LogP contribution >= 0.6 is 0 Å². The van der Waals surface area contributed by atoms with Crippen LogP contribution in [0.5, 0.6) is 0 Å². The van der Waals surface area contributed by atoms with E-state index in [1.165, 1.54) is 0 Å². The number of anilines is 2. The van der Waals surface area contributed by atoms with E-state index in [0.29, 0.717) is 6.42 Å². The molecule has 1 aliphatic carbocycles. The van der Waals surface area contributed by atoms with Gasteiger partial charge in [-0.2, -0.15) is 0 Å². The monoisotopic (exact) mass is 284 g/mol. The molecule has 21 heavy (non-hydrogen) atoms. The van der Waals surface area contributed by atoms with Crippen LogP contribution in [-0.2, 0) is 9.59 Å². The van der Waals surface area contributed by atoms with Crippen LogP contribution in [0.25, 0.3) is 0 Å². The molecule has 0 aromatic heterocycles. The molecule has 1 aromatic carbocycles. The highest BCUT2D eigenvalue weighted by Crippen LogP contribution is 2.25. The highest BCUT2D eigenvalue weighted by molar-refractivity contribution is 5.97. The Bertz CT molecular complexity index is 580. The molecule has 4 heteroatoms. The van der Waals surface area contributed by atoms with E-state index in [-0.39, 0.29) is 17.7 Å². The molecular formula is C17H20N2O2. The van der Waals surface area contributed by atoms with E-state index in [1.807, 2.05) is 24.3 Å². The van der Waals surface area contributed by atoms with Crippen LogP contribution in [0.2, 0.25) is 0 Å². The Morgan fingerprint density at radius 1 is 1.29 bits per heavy atom. The average molecular weight is 284 g/mol. The summed E-state index contributed by atoms with van der Waals surface area (Å²) >= 11 is 0. The minimum absolute atomic E-state index is 0.0621. The van der Waals surface area contributed by atoms with E-state index in [0.717, 1.165) is 43.6 Å². The first-order valence-electron chi connectivity index (χ1n) is 7.60. The molecule has 2 amide bonds. The fraction of sp³-hybridized carbons (Fsp3) is 0.412. The molecule has 1 aromatic rings. The predicted octanol–water partition coefficient (Wildman–Crippen LogP) is 3.11. The number of allylic oxidation sites excluding steroid dienone is 2. The van der Waals surface area contributed by atoms with E-state index in [4.69, 9.17) is 0 Å². The summed E-state index contributed by atoms with van der Waals surface area (Å²) < 4.78 is 0. The van der Waals surface area contributed by atoms with Crippen molar-refractivity contribution < 1.29 is 9.59 Å². The average Bonchev–Trinajstić information content (AvgIpc) is 2.94. The van der Waals surface area contributed by atoms with Crippen LogP contribution in [0.3, 0.4) is 0 Å². The van der Waals surface area contributed by atoms with Gasteiger partial charge in [0, 0.05) is 30.3 Å². The van der Waals surface area contributed by atoms with Crippen molar-refractivity contribution in [1.82, 2.24) is 0 Å². The van der Waals surface area contributed by atoms with E-state index < -0.39 is 0 Å². The number of hydrogen-bond acceptors (Lipinski definition) is 2. The standard InChI is InChI=1S/C17H20N2O2/c20-16-10-5-11-19(16)15-9-4-8-14(12-15)18-17(21)13-6-2-1-3-7-13/h1-2,4,8-9,12-13H,3,5-7,10-11H2,(H,18,21). The van der Waals surface area contributed by atoms with Crippen molar-refractivity contribution >= 4 is 23.2 Å². The number of hydrogen-bond donors (Lipinski definition) is 1. The highest BCUT2D eigenvalue weighted by Gasteiger charge is 2.22. The number of nitrogens with one attached hydrogen (secondary N) is 1. The van der Waals surface area contributed by atoms with Gasteiger partial charge in [0.15, 0.2) is 0 Å². The summed E-state index contributed by atoms with van der Waals surface area (Å²) in [5, 5.41) is 2.98. The topological polar surface area (TPSA) is 49.4 Å². The Labute approximate surface area is 124 Å². The lowest BCUT2D eigenvalue weighted by atomic mass is 9.93. The summed E-state index contributed by atoms with van der Waals surface area (Å²) in [6.45, 7) is 0.768. The minimum atomic E-state index is 0.0621. The number of benzene rings is 1. The Morgan fingerprint density at radius 3 is 2.90 bits per heavy atom. The number of carbonyl (C=O) groups excluding carboxylic acids is 2. The SMILES string of the molecule is O=C(Nc1cccc(N2CCCC2=O)c1)C1CC=CCC1. The normalized spacial score (nSPS) is 21.6. The molecule has 2 aliphatic rings. The van der Waals surface area contributed by atoms with Crippen molar-refractivity contribution in [2.75, 3.05) is 16.8 Å². The Balaban J connectivity index is 1.69. The van der Waals surface area contributed by atoms with Gasteiger partial charge in [-0.25, -0.2) is 0 Å². The fourth-order valence-corrected chi connectivity index (χ4v) is 2.95. The lowest BCUT2D eigenvalue weighted by Crippen LogP contribution is -2.25. The van der Waals surface area contributed by atoms with Crippen LogP contribution in [-0.4, -0.2) is 18.4 Å². The van der Waals surface area contributed by atoms with Gasteiger partial charge in [-0.15, -0.1) is 0 Å². The second-order valence-electron chi connectivity index (χ2n) is 5.67. The smallest absolute Gasteiger partial charge is 0.227 e. The Kier molecular flexibility index (Phi) is 4.04. The number of rotatable bonds is 3. The third-order valence-electron chi connectivity index (χ3n) is 4.14. The summed E-state index contributed by atoms with van der Waals surface area (Å²) in [4.78, 5) is 25.8. The van der Waals surface area contributed by atoms with Gasteiger partial charge in [0.25, 0.3) is 0 Å². The lowest BCUT2D eigenvalue weighted by Gasteiger charge is -2.19. The first kappa shape index (κ1) is 13.9. The van der Waals surface area contributed by atoms with Crippen LogP contribution in [0.4, 0.5) is 11.4 Å². The Hall–Kier alpha value is -2.10. The molecule has 110 valence electrons. The van der Waals surface area contributed by atoms with Gasteiger partial charge >= 0.3 is 0 Å². The molecule has 0 spiro atoms. The summed E-state index contributed by atoms with van der Waals surface area (Å²) in [6, 6.07) is 7.57. The van der Waals surface area contributed by atoms with Crippen molar-refractivity contribution in [2.24, 2.45) is 5.92 Å². The lowest BCUT2D eigenvalue weighted by molar-refractivity contribution is -0.120. The third-order valence-corrected chi connectivity index (χ3v) is 4.14. The highest BCUT2D eigenvalue weighted by atomic mass is 16.2. The maximum absolute atomic E-state index is 12.2. The summed E-state index contributed by atoms with van der Waals surface area (Å²) in [6.07, 6.45) is 8.43. The molecule has 1 fully saturated rings. The molecule has 1 atom stereocenters. The summed E-state index contributed by atoms with van der Waals surface area (Å²) in [5.41, 5.74) is 1.64. The molecule has 0 saturated carbocycles. The Morgan fingerprint density at radius 2 is 2.19 bits per heavy atom. The summed E-state index contributed by atoms with van der Waals surface area (Å²) in [7, 11) is 0. The van der Waals surface area contributed by atoms with Gasteiger partial charge in [-0.1, -0.05) is 18.2 Å². The predicted molar refractivity (Wildman–Crippen MR) is 83.1 cm³/mol. The zero-order valence-corrected chi connectivity index (χ0v) is 12.0. The largest absolute Gasteiger partial charge is 0.326 e. The number of carbonyl (C=O) groups is 2. The van der Waals surface area contributed by atoms with Gasteiger partial charge in [0.1, 0.15) is 0 Å². The number of amides is 2. The molecule has 1 heterocycles. The minimum Gasteiger partial charge on any atom is -0.326 e. The first-order chi connectivity index (χ1) is 10.2. The van der Waals surface area contributed by atoms with Crippen LogP contribution < -0.4 is 10.2 Å². The van der Waals surface area contributed by atoms with Crippen LogP contribution in [0.1, 0.15) is 32.1 Å². The van der Waals surface area contributed by atoms with Gasteiger partial charge in [-0.05, 0) is 43.9 Å². The molecule has 0 radical (unpaired) electrons. The molecular weight excluding hydrogens is 264 g/mol. The van der Waals surface area contributed by atoms with Crippen LogP contribution in [0.15, 0.2) is 36.4 Å². The quantitative estimate of drug-likeness (QED) is 0.867. The zero-order chi connectivity index (χ0) is 14.7. The molecule has 4 nitrogen and oxygen atoms in total. The van der Waals surface area contributed by atoms with Crippen molar-refractivity contribution in [2.45, 2.75) is 32.1 Å². The van der Waals surface area contributed by atoms with Crippen molar-refractivity contribution in [3.8, 4) is 0 Å². The van der Waals surface area contributed by atoms with Crippen molar-refractivity contribution in [3.63, 3.8) is 0 Å². The van der Waals surface area contributed by atoms with Gasteiger partial charge in [-0.3, -0.25) is 9.59 Å². The molecule has 3 rings (SSSR count). The zero-order valence-electron chi connectivity index (χ0n) is 12.0. The van der Waals surface area contributed by atoms with E-state index in [2.05, 4.69) is 17.5 Å². The molecule has 1 saturated heterocycles.